The van der Waals surface area contributed by atoms with Crippen molar-refractivity contribution in [1.29, 1.82) is 0 Å². The first-order chi connectivity index (χ1) is 28.2. The predicted octanol–water partition coefficient (Wildman–Crippen LogP) is 10.8. The van der Waals surface area contributed by atoms with Gasteiger partial charge in [-0.15, -0.1) is 0 Å². The van der Waals surface area contributed by atoms with E-state index >= 15 is 0 Å². The molecule has 0 amide bonds. The number of aromatic nitrogens is 1. The molecule has 270 valence electrons. The Morgan fingerprint density at radius 2 is 1.32 bits per heavy atom. The topological polar surface area (TPSA) is 68.0 Å². The highest BCUT2D eigenvalue weighted by Crippen LogP contribution is 2.40. The number of aliphatic imine (C=N–C) groups is 2. The predicted molar refractivity (Wildman–Crippen MR) is 232 cm³/mol. The SMILES string of the molecule is C1=c2oc3c(-c4ccc5oc6cccc(-n7c8ccccc8c8ccccc87)c6c5c4)cccc3c2=CCC1C1=NC(c2ccccc2)NC(c2ccccc2)=N1. The highest BCUT2D eigenvalue weighted by molar-refractivity contribution is 6.15. The number of hydrogen-bond acceptors (Lipinski definition) is 5. The lowest BCUT2D eigenvalue weighted by atomic mass is 9.96. The van der Waals surface area contributed by atoms with E-state index in [1.807, 2.05) is 24.3 Å². The lowest BCUT2D eigenvalue weighted by Crippen LogP contribution is -2.36. The molecule has 3 aromatic heterocycles. The average Bonchev–Trinajstić information content (AvgIpc) is 3.96. The quantitative estimate of drug-likeness (QED) is 0.191. The number of nitrogens with one attached hydrogen (secondary N) is 1. The minimum Gasteiger partial charge on any atom is -0.456 e. The van der Waals surface area contributed by atoms with E-state index in [1.54, 1.807) is 0 Å². The fourth-order valence-electron chi connectivity index (χ4n) is 8.92. The van der Waals surface area contributed by atoms with Gasteiger partial charge in [-0.25, -0.2) is 9.98 Å². The zero-order chi connectivity index (χ0) is 37.5. The number of amidine groups is 2. The molecule has 6 heteroatoms. The fourth-order valence-corrected chi connectivity index (χ4v) is 8.92. The first-order valence-electron chi connectivity index (χ1n) is 19.5. The van der Waals surface area contributed by atoms with Crippen LogP contribution in [0.2, 0.25) is 0 Å². The van der Waals surface area contributed by atoms with E-state index in [2.05, 4.69) is 162 Å². The van der Waals surface area contributed by atoms with Gasteiger partial charge in [0.15, 0.2) is 0 Å². The van der Waals surface area contributed by atoms with E-state index < -0.39 is 0 Å². The summed E-state index contributed by atoms with van der Waals surface area (Å²) >= 11 is 0. The molecule has 2 unspecified atom stereocenters. The molecule has 0 spiro atoms. The molecule has 0 saturated heterocycles. The molecule has 57 heavy (non-hydrogen) atoms. The molecule has 10 aromatic rings. The van der Waals surface area contributed by atoms with Crippen LogP contribution in [0.15, 0.2) is 183 Å². The van der Waals surface area contributed by atoms with E-state index in [0.29, 0.717) is 0 Å². The summed E-state index contributed by atoms with van der Waals surface area (Å²) in [5.74, 6) is 1.57. The minimum absolute atomic E-state index is 0.0403. The molecule has 0 radical (unpaired) electrons. The van der Waals surface area contributed by atoms with Crippen molar-refractivity contribution >= 4 is 78.5 Å². The summed E-state index contributed by atoms with van der Waals surface area (Å²) in [6, 6.07) is 57.2. The van der Waals surface area contributed by atoms with E-state index in [0.717, 1.165) is 89.6 Å². The van der Waals surface area contributed by atoms with Crippen molar-refractivity contribution in [2.45, 2.75) is 12.6 Å². The van der Waals surface area contributed by atoms with Crippen molar-refractivity contribution < 1.29 is 8.83 Å². The maximum atomic E-state index is 6.85. The van der Waals surface area contributed by atoms with Crippen molar-refractivity contribution in [3.8, 4) is 16.8 Å². The molecule has 0 fully saturated rings. The molecule has 2 atom stereocenters. The number of nitrogens with zero attached hydrogens (tertiary/aromatic N) is 3. The van der Waals surface area contributed by atoms with Gasteiger partial charge in [0.05, 0.1) is 22.1 Å². The molecule has 1 aliphatic carbocycles. The van der Waals surface area contributed by atoms with Crippen LogP contribution in [0.4, 0.5) is 0 Å². The average molecular weight is 735 g/mol. The van der Waals surface area contributed by atoms with Gasteiger partial charge in [-0.2, -0.15) is 0 Å². The van der Waals surface area contributed by atoms with Crippen molar-refractivity contribution in [1.82, 2.24) is 9.88 Å². The summed E-state index contributed by atoms with van der Waals surface area (Å²) in [6.45, 7) is 0. The van der Waals surface area contributed by atoms with Crippen LogP contribution < -0.4 is 16.0 Å². The van der Waals surface area contributed by atoms with Crippen LogP contribution in [0, 0.1) is 5.92 Å². The van der Waals surface area contributed by atoms with Gasteiger partial charge < -0.3 is 18.7 Å². The van der Waals surface area contributed by atoms with Gasteiger partial charge in [0, 0.05) is 43.8 Å². The third-order valence-corrected chi connectivity index (χ3v) is 11.6. The van der Waals surface area contributed by atoms with Gasteiger partial charge in [-0.05, 0) is 60.0 Å². The van der Waals surface area contributed by atoms with Gasteiger partial charge in [0.1, 0.15) is 40.0 Å². The van der Waals surface area contributed by atoms with Crippen LogP contribution in [-0.2, 0) is 0 Å². The van der Waals surface area contributed by atoms with Crippen molar-refractivity contribution in [2.24, 2.45) is 15.9 Å². The van der Waals surface area contributed by atoms with Gasteiger partial charge in [0.25, 0.3) is 0 Å². The van der Waals surface area contributed by atoms with E-state index in [1.165, 1.54) is 21.8 Å². The van der Waals surface area contributed by atoms with Crippen LogP contribution in [0.1, 0.15) is 23.7 Å². The van der Waals surface area contributed by atoms with Crippen molar-refractivity contribution in [2.75, 3.05) is 0 Å². The van der Waals surface area contributed by atoms with Crippen LogP contribution in [0.5, 0.6) is 0 Å². The number of hydrogen-bond donors (Lipinski definition) is 1. The highest BCUT2D eigenvalue weighted by atomic mass is 16.3. The summed E-state index contributed by atoms with van der Waals surface area (Å²) in [7, 11) is 0. The first kappa shape index (κ1) is 31.9. The highest BCUT2D eigenvalue weighted by Gasteiger charge is 2.26. The number of fused-ring (bicyclic) bond motifs is 9. The summed E-state index contributed by atoms with van der Waals surface area (Å²) in [5.41, 5.74) is 11.1. The van der Waals surface area contributed by atoms with Crippen LogP contribution in [0.25, 0.3) is 83.7 Å². The standard InChI is InChI=1S/C51H34N4O2/c1-3-13-31(14-4-1)49-52-50(32-15-5-2-6-16-32)54-51(53-49)34-25-27-38-39-20-11-19-35(48(39)57-46(38)30-34)33-26-28-44-40(29-33)47-43(23-12-24-45(47)56-44)55-41-21-9-7-17-36(41)37-18-8-10-22-42(37)55/h1-24,26-30,34,49H,25H2,(H,52,53,54). The zero-order valence-electron chi connectivity index (χ0n) is 30.8. The number of rotatable bonds is 5. The van der Waals surface area contributed by atoms with Gasteiger partial charge in [-0.1, -0.05) is 133 Å². The maximum Gasteiger partial charge on any atom is 0.147 e. The Labute approximate surface area is 327 Å². The summed E-state index contributed by atoms with van der Waals surface area (Å²) in [5, 5.41) is 10.4. The Kier molecular flexibility index (Phi) is 7.01. The number of benzene rings is 7. The molecule has 4 heterocycles. The van der Waals surface area contributed by atoms with Crippen LogP contribution in [-0.4, -0.2) is 16.2 Å². The largest absolute Gasteiger partial charge is 0.456 e. The van der Waals surface area contributed by atoms with Crippen molar-refractivity contribution in [3.63, 3.8) is 0 Å². The Bertz CT molecular complexity index is 3370. The van der Waals surface area contributed by atoms with E-state index in [-0.39, 0.29) is 12.1 Å². The van der Waals surface area contributed by atoms with Gasteiger partial charge >= 0.3 is 0 Å². The van der Waals surface area contributed by atoms with E-state index in [9.17, 15) is 0 Å². The normalized spacial score (nSPS) is 16.6. The zero-order valence-corrected chi connectivity index (χ0v) is 30.8. The van der Waals surface area contributed by atoms with Gasteiger partial charge in [-0.3, -0.25) is 0 Å². The number of para-hydroxylation sites is 3. The molecule has 0 saturated carbocycles. The summed E-state index contributed by atoms with van der Waals surface area (Å²) in [4.78, 5) is 10.3. The fraction of sp³-hybridized carbons (Fsp3) is 0.0588. The molecule has 12 rings (SSSR count). The Morgan fingerprint density at radius 1 is 0.596 bits per heavy atom. The number of furan rings is 2. The first-order valence-corrected chi connectivity index (χ1v) is 19.5. The molecule has 1 aliphatic heterocycles. The molecule has 2 aliphatic rings. The van der Waals surface area contributed by atoms with Crippen molar-refractivity contribution in [3.05, 3.63) is 186 Å². The smallest absolute Gasteiger partial charge is 0.147 e. The lowest BCUT2D eigenvalue weighted by molar-refractivity contribution is 0.569. The molecule has 6 nitrogen and oxygen atoms in total. The Morgan fingerprint density at radius 3 is 2.12 bits per heavy atom. The molecule has 7 aromatic carbocycles. The second kappa shape index (κ2) is 12.5. The summed E-state index contributed by atoms with van der Waals surface area (Å²) in [6.07, 6.45) is 5.04. The van der Waals surface area contributed by atoms with Crippen LogP contribution >= 0.6 is 0 Å². The molecule has 1 N–H and O–H groups in total. The Balaban J connectivity index is 0.989. The second-order valence-electron chi connectivity index (χ2n) is 14.9. The molecule has 0 bridgehead atoms. The second-order valence-corrected chi connectivity index (χ2v) is 14.9. The van der Waals surface area contributed by atoms with Crippen LogP contribution in [0.3, 0.4) is 0 Å². The maximum absolute atomic E-state index is 6.85. The Hall–Kier alpha value is -7.44. The third kappa shape index (κ3) is 5.04. The molecular formula is C51H34N4O2. The minimum atomic E-state index is -0.240. The summed E-state index contributed by atoms with van der Waals surface area (Å²) < 4.78 is 15.7. The van der Waals surface area contributed by atoms with Gasteiger partial charge in [0.2, 0.25) is 0 Å². The monoisotopic (exact) mass is 734 g/mol. The third-order valence-electron chi connectivity index (χ3n) is 11.6. The lowest BCUT2D eigenvalue weighted by Gasteiger charge is -2.25. The van der Waals surface area contributed by atoms with E-state index in [4.69, 9.17) is 18.8 Å². The molecular weight excluding hydrogens is 701 g/mol.